The molecule has 1 heterocycles. The fourth-order valence-electron chi connectivity index (χ4n) is 1.66. The van der Waals surface area contributed by atoms with Gasteiger partial charge in [-0.25, -0.2) is 0 Å². The summed E-state index contributed by atoms with van der Waals surface area (Å²) in [6.45, 7) is 2.40. The van der Waals surface area contributed by atoms with E-state index in [2.05, 4.69) is 17.0 Å². The van der Waals surface area contributed by atoms with E-state index in [1.165, 1.54) is 31.6 Å². The van der Waals surface area contributed by atoms with Crippen molar-refractivity contribution >= 4 is 19.0 Å². The number of nitrogens with zero attached hydrogens (tertiary/aromatic N) is 1. The molecule has 1 aliphatic heterocycles. The molecular weight excluding hydrogens is 145 g/mol. The SMILES string of the molecule is [B]c1ccc(N2CCCC2)cc1. The maximum Gasteiger partial charge on any atom is 0.113 e. The third kappa shape index (κ3) is 1.47. The smallest absolute Gasteiger partial charge is 0.113 e. The highest BCUT2D eigenvalue weighted by Gasteiger charge is 2.10. The second-order valence-corrected chi connectivity index (χ2v) is 3.29. The highest BCUT2D eigenvalue weighted by Crippen LogP contribution is 2.18. The zero-order valence-corrected chi connectivity index (χ0v) is 7.16. The van der Waals surface area contributed by atoms with Gasteiger partial charge in [0, 0.05) is 18.8 Å². The summed E-state index contributed by atoms with van der Waals surface area (Å²) in [5.41, 5.74) is 2.15. The monoisotopic (exact) mass is 157 g/mol. The summed E-state index contributed by atoms with van der Waals surface area (Å²) in [6.07, 6.45) is 2.65. The van der Waals surface area contributed by atoms with E-state index >= 15 is 0 Å². The molecule has 0 aromatic heterocycles. The molecule has 0 saturated carbocycles. The van der Waals surface area contributed by atoms with Crippen LogP contribution in [-0.4, -0.2) is 20.9 Å². The van der Waals surface area contributed by atoms with Crippen LogP contribution in [0.2, 0.25) is 0 Å². The highest BCUT2D eigenvalue weighted by molar-refractivity contribution is 6.32. The maximum atomic E-state index is 5.61. The Morgan fingerprint density at radius 2 is 1.58 bits per heavy atom. The first-order valence-corrected chi connectivity index (χ1v) is 4.47. The van der Waals surface area contributed by atoms with Crippen molar-refractivity contribution in [1.29, 1.82) is 0 Å². The second kappa shape index (κ2) is 3.22. The molecule has 0 N–H and O–H groups in total. The van der Waals surface area contributed by atoms with E-state index in [-0.39, 0.29) is 0 Å². The molecule has 0 amide bonds. The van der Waals surface area contributed by atoms with Crippen molar-refractivity contribution in [3.05, 3.63) is 24.3 Å². The summed E-state index contributed by atoms with van der Waals surface area (Å²) in [6, 6.07) is 8.13. The molecule has 1 nitrogen and oxygen atoms in total. The number of hydrogen-bond donors (Lipinski definition) is 0. The minimum atomic E-state index is 0.845. The van der Waals surface area contributed by atoms with Crippen LogP contribution < -0.4 is 10.4 Å². The summed E-state index contributed by atoms with van der Waals surface area (Å²) in [7, 11) is 5.61. The van der Waals surface area contributed by atoms with E-state index in [4.69, 9.17) is 7.85 Å². The quantitative estimate of drug-likeness (QED) is 0.551. The van der Waals surface area contributed by atoms with E-state index < -0.39 is 0 Å². The first-order valence-electron chi connectivity index (χ1n) is 4.47. The minimum absolute atomic E-state index is 0.845. The van der Waals surface area contributed by atoms with Crippen LogP contribution in [-0.2, 0) is 0 Å². The first-order chi connectivity index (χ1) is 5.86. The summed E-state index contributed by atoms with van der Waals surface area (Å²) >= 11 is 0. The Bertz CT molecular complexity index is 249. The van der Waals surface area contributed by atoms with Gasteiger partial charge in [-0.05, 0) is 25.0 Å². The molecule has 2 radical (unpaired) electrons. The van der Waals surface area contributed by atoms with Gasteiger partial charge in [-0.2, -0.15) is 0 Å². The van der Waals surface area contributed by atoms with Gasteiger partial charge < -0.3 is 4.90 Å². The zero-order valence-electron chi connectivity index (χ0n) is 7.16. The van der Waals surface area contributed by atoms with Crippen molar-refractivity contribution in [2.45, 2.75) is 12.8 Å². The number of benzene rings is 1. The molecule has 1 saturated heterocycles. The molecule has 12 heavy (non-hydrogen) atoms. The van der Waals surface area contributed by atoms with Crippen molar-refractivity contribution in [2.24, 2.45) is 0 Å². The Morgan fingerprint density at radius 1 is 1.00 bits per heavy atom. The van der Waals surface area contributed by atoms with Crippen LogP contribution in [0.3, 0.4) is 0 Å². The molecule has 0 bridgehead atoms. The lowest BCUT2D eigenvalue weighted by molar-refractivity contribution is 0.949. The Morgan fingerprint density at radius 3 is 2.17 bits per heavy atom. The lowest BCUT2D eigenvalue weighted by Crippen LogP contribution is -2.18. The fraction of sp³-hybridized carbons (Fsp3) is 0.400. The van der Waals surface area contributed by atoms with Gasteiger partial charge in [0.1, 0.15) is 7.85 Å². The van der Waals surface area contributed by atoms with Crippen molar-refractivity contribution in [1.82, 2.24) is 0 Å². The zero-order chi connectivity index (χ0) is 8.39. The number of anilines is 1. The van der Waals surface area contributed by atoms with Gasteiger partial charge >= 0.3 is 0 Å². The molecule has 1 fully saturated rings. The normalized spacial score (nSPS) is 16.8. The average Bonchev–Trinajstić information content (AvgIpc) is 2.58. The van der Waals surface area contributed by atoms with E-state index in [1.807, 2.05) is 12.1 Å². The second-order valence-electron chi connectivity index (χ2n) is 3.29. The maximum absolute atomic E-state index is 5.61. The summed E-state index contributed by atoms with van der Waals surface area (Å²) in [5.74, 6) is 0. The molecule has 60 valence electrons. The van der Waals surface area contributed by atoms with E-state index in [1.54, 1.807) is 0 Å². The molecule has 2 rings (SSSR count). The fourth-order valence-corrected chi connectivity index (χ4v) is 1.66. The third-order valence-electron chi connectivity index (χ3n) is 2.36. The van der Waals surface area contributed by atoms with E-state index in [0.29, 0.717) is 0 Å². The van der Waals surface area contributed by atoms with Crippen LogP contribution in [0, 0.1) is 0 Å². The lowest BCUT2D eigenvalue weighted by Gasteiger charge is -2.17. The minimum Gasteiger partial charge on any atom is -0.372 e. The van der Waals surface area contributed by atoms with Crippen molar-refractivity contribution in [3.63, 3.8) is 0 Å². The largest absolute Gasteiger partial charge is 0.372 e. The topological polar surface area (TPSA) is 3.24 Å². The Hall–Kier alpha value is -0.915. The first kappa shape index (κ1) is 7.72. The summed E-state index contributed by atoms with van der Waals surface area (Å²) < 4.78 is 0. The lowest BCUT2D eigenvalue weighted by atomic mass is 9.96. The predicted octanol–water partition coefficient (Wildman–Crippen LogP) is 1.08. The number of rotatable bonds is 1. The van der Waals surface area contributed by atoms with E-state index in [9.17, 15) is 0 Å². The van der Waals surface area contributed by atoms with Gasteiger partial charge in [-0.15, -0.1) is 0 Å². The van der Waals surface area contributed by atoms with Crippen molar-refractivity contribution < 1.29 is 0 Å². The van der Waals surface area contributed by atoms with E-state index in [0.717, 1.165) is 5.46 Å². The Kier molecular flexibility index (Phi) is 2.07. The molecular formula is C10H12BN. The molecule has 0 atom stereocenters. The Labute approximate surface area is 74.8 Å². The predicted molar refractivity (Wildman–Crippen MR) is 53.3 cm³/mol. The van der Waals surface area contributed by atoms with Gasteiger partial charge in [0.25, 0.3) is 0 Å². The molecule has 1 aliphatic rings. The molecule has 0 aliphatic carbocycles. The third-order valence-corrected chi connectivity index (χ3v) is 2.36. The van der Waals surface area contributed by atoms with Crippen LogP contribution in [0.5, 0.6) is 0 Å². The van der Waals surface area contributed by atoms with Crippen LogP contribution in [0.1, 0.15) is 12.8 Å². The van der Waals surface area contributed by atoms with Crippen LogP contribution in [0.15, 0.2) is 24.3 Å². The van der Waals surface area contributed by atoms with Gasteiger partial charge in [0.05, 0.1) is 0 Å². The summed E-state index contributed by atoms with van der Waals surface area (Å²) in [5, 5.41) is 0. The molecule has 1 aromatic rings. The standard InChI is InChI=1S/C10H12BN/c11-9-3-5-10(6-4-9)12-7-1-2-8-12/h3-6H,1-2,7-8H2. The van der Waals surface area contributed by atoms with Crippen LogP contribution >= 0.6 is 0 Å². The molecule has 0 unspecified atom stereocenters. The molecule has 2 heteroatoms. The summed E-state index contributed by atoms with van der Waals surface area (Å²) in [4.78, 5) is 2.40. The van der Waals surface area contributed by atoms with Crippen molar-refractivity contribution in [3.8, 4) is 0 Å². The van der Waals surface area contributed by atoms with Crippen LogP contribution in [0.25, 0.3) is 0 Å². The van der Waals surface area contributed by atoms with Gasteiger partial charge in [-0.1, -0.05) is 17.6 Å². The molecule has 1 aromatic carbocycles. The average molecular weight is 157 g/mol. The highest BCUT2D eigenvalue weighted by atomic mass is 15.1. The van der Waals surface area contributed by atoms with Crippen molar-refractivity contribution in [2.75, 3.05) is 18.0 Å². The van der Waals surface area contributed by atoms with Gasteiger partial charge in [0.15, 0.2) is 0 Å². The number of hydrogen-bond acceptors (Lipinski definition) is 1. The van der Waals surface area contributed by atoms with Crippen LogP contribution in [0.4, 0.5) is 5.69 Å². The van der Waals surface area contributed by atoms with Gasteiger partial charge in [-0.3, -0.25) is 0 Å². The van der Waals surface area contributed by atoms with Gasteiger partial charge in [0.2, 0.25) is 0 Å². The Balaban J connectivity index is 2.17. The molecule has 0 spiro atoms.